The molecule has 0 aliphatic heterocycles. The smallest absolute Gasteiger partial charge is 0.303 e. The number of hydrogen-bond donors (Lipinski definition) is 20. The third kappa shape index (κ3) is 83.2. The molecule has 0 fully saturated rings. The Morgan fingerprint density at radius 2 is 0.770 bits per heavy atom. The van der Waals surface area contributed by atoms with Gasteiger partial charge in [0, 0.05) is 43.5 Å². The molecule has 2 rings (SSSR count). The first-order valence-corrected chi connectivity index (χ1v) is 46.6. The number of benzene rings is 2. The number of alkyl halides is 1. The molecule has 28 heteroatoms. The summed E-state index contributed by atoms with van der Waals surface area (Å²) in [4.78, 5) is 52.0. The van der Waals surface area contributed by atoms with Crippen molar-refractivity contribution < 1.29 is 135 Å². The van der Waals surface area contributed by atoms with Crippen LogP contribution in [0.4, 0.5) is 4.39 Å². The monoisotopic (exact) mass is 1910 g/mol. The van der Waals surface area contributed by atoms with Crippen molar-refractivity contribution in [3.05, 3.63) is 284 Å². The predicted octanol–water partition coefficient (Wildman–Crippen LogP) is 16.6. The highest BCUT2D eigenvalue weighted by Gasteiger charge is 2.25. The van der Waals surface area contributed by atoms with Crippen molar-refractivity contribution in [3.63, 3.8) is 0 Å². The van der Waals surface area contributed by atoms with E-state index in [0.29, 0.717) is 75.2 Å². The second kappa shape index (κ2) is 85.7. The van der Waals surface area contributed by atoms with Gasteiger partial charge in [-0.25, -0.2) is 4.39 Å². The van der Waals surface area contributed by atoms with Crippen molar-refractivity contribution in [2.75, 3.05) is 6.61 Å². The van der Waals surface area contributed by atoms with Crippen LogP contribution in [0.5, 0.6) is 5.75 Å². The Morgan fingerprint density at radius 3 is 1.18 bits per heavy atom. The number of unbranched alkanes of at least 4 members (excludes halogenated alkanes) is 4. The fourth-order valence-corrected chi connectivity index (χ4v) is 11.5. The summed E-state index contributed by atoms with van der Waals surface area (Å²) >= 11 is 5.87. The van der Waals surface area contributed by atoms with E-state index in [1.807, 2.05) is 61.6 Å². The Morgan fingerprint density at radius 1 is 0.393 bits per heavy atom. The van der Waals surface area contributed by atoms with Crippen molar-refractivity contribution in [2.24, 2.45) is 5.41 Å². The second-order valence-electron chi connectivity index (χ2n) is 32.6. The maximum absolute atomic E-state index is 13.5. The van der Waals surface area contributed by atoms with E-state index < -0.39 is 127 Å². The van der Waals surface area contributed by atoms with Gasteiger partial charge in [0.05, 0.1) is 91.6 Å². The maximum Gasteiger partial charge on any atom is 0.303 e. The van der Waals surface area contributed by atoms with E-state index in [1.165, 1.54) is 30.4 Å². The van der Waals surface area contributed by atoms with Gasteiger partial charge in [-0.05, 0) is 138 Å². The Labute approximate surface area is 804 Å². The Bertz CT molecular complexity index is 4060. The Hall–Kier alpha value is -9.91. The summed E-state index contributed by atoms with van der Waals surface area (Å²) < 4.78 is 19.0. The number of allylic oxidation sites excluding steroid dienone is 28. The molecule has 0 heterocycles. The van der Waals surface area contributed by atoms with Crippen LogP contribution in [0.25, 0.3) is 0 Å². The zero-order chi connectivity index (χ0) is 102. The summed E-state index contributed by atoms with van der Waals surface area (Å²) in [5.74, 6) is 1.11. The third-order valence-electron chi connectivity index (χ3n) is 19.6. The molecule has 135 heavy (non-hydrogen) atoms. The minimum absolute atomic E-state index is 0.0167. The molecule has 0 amide bonds. The summed E-state index contributed by atoms with van der Waals surface area (Å²) in [5.41, 5.74) is -0.101. The van der Waals surface area contributed by atoms with E-state index in [-0.39, 0.29) is 69.6 Å². The lowest BCUT2D eigenvalue weighted by molar-refractivity contribution is -0.138. The van der Waals surface area contributed by atoms with Crippen LogP contribution in [0, 0.1) is 17.3 Å². The van der Waals surface area contributed by atoms with Crippen LogP contribution in [-0.2, 0) is 24.0 Å². The van der Waals surface area contributed by atoms with Crippen LogP contribution in [0.2, 0.25) is 5.02 Å². The van der Waals surface area contributed by atoms with Crippen molar-refractivity contribution in [1.82, 2.24) is 0 Å². The molecule has 2 aromatic rings. The zero-order valence-electron chi connectivity index (χ0n) is 79.3. The van der Waals surface area contributed by atoms with Gasteiger partial charge in [-0.1, -0.05) is 352 Å². The molecule has 0 aliphatic rings. The molecule has 0 bridgehead atoms. The lowest BCUT2D eigenvalue weighted by Gasteiger charge is -2.28. The van der Waals surface area contributed by atoms with Gasteiger partial charge in [0.1, 0.15) is 18.0 Å². The highest BCUT2D eigenvalue weighted by molar-refractivity contribution is 6.30. The Kier molecular flexibility index (Phi) is 82.1. The number of aliphatic hydroxyl groups excluding tert-OH is 14. The molecular formula is C107H156ClFO26. The molecule has 0 aromatic heterocycles. The molecule has 0 unspecified atom stereocenters. The maximum atomic E-state index is 13.5. The highest BCUT2D eigenvalue weighted by atomic mass is 35.5. The predicted molar refractivity (Wildman–Crippen MR) is 533 cm³/mol. The summed E-state index contributed by atoms with van der Waals surface area (Å²) in [6.07, 6.45) is 60.0. The largest absolute Gasteiger partial charge is 0.493 e. The SMILES string of the molecule is CCCCC(C)(C)[C@@H](O)/C=C/C=C\C=C\C=C\[C@@H](O)[C@@H](O)CCCC(=O)O.CCCCC[C@](C)(O)/C=C/C=C\C=C\C=C\[C@@H](O)[C@@H](O)CCCC(=O)O.CCCC[C@H](F)[C@@H](O)C#C/C=C\C=C\CC[C@@H](O)[C@@H](O)CCCC(=O)O.O=C(O)CCC[C@H](O)[C@H](O)/C=C/C=C/C=C\C=C\[C@H](O)CCOc1cccc(Cl)c1.O=C(O)CCC[C@H](O)[C@H](O)/C=C/C=C/C=C\C=C\[C@H](O)c1ccccc1. The van der Waals surface area contributed by atoms with E-state index in [2.05, 4.69) is 39.5 Å². The van der Waals surface area contributed by atoms with Gasteiger partial charge in [0.25, 0.3) is 0 Å². The molecule has 2 aromatic carbocycles. The molecule has 0 aliphatic carbocycles. The van der Waals surface area contributed by atoms with Crippen molar-refractivity contribution >= 4 is 41.4 Å². The fourth-order valence-electron chi connectivity index (χ4n) is 11.3. The Balaban J connectivity index is -0.00000162. The molecule has 0 spiro atoms. The molecule has 16 atom stereocenters. The number of carboxylic acids is 5. The molecule has 20 N–H and O–H groups in total. The number of halogens is 2. The molecule has 0 radical (unpaired) electrons. The van der Waals surface area contributed by atoms with Crippen molar-refractivity contribution in [2.45, 2.75) is 319 Å². The van der Waals surface area contributed by atoms with E-state index >= 15 is 0 Å². The minimum Gasteiger partial charge on any atom is -0.493 e. The molecule has 0 saturated carbocycles. The van der Waals surface area contributed by atoms with E-state index in [0.717, 1.165) is 63.4 Å². The van der Waals surface area contributed by atoms with Crippen LogP contribution >= 0.6 is 11.6 Å². The molecule has 0 saturated heterocycles. The highest BCUT2D eigenvalue weighted by Crippen LogP contribution is 2.29. The van der Waals surface area contributed by atoms with Crippen LogP contribution in [0.15, 0.2) is 273 Å². The quantitative estimate of drug-likeness (QED) is 0.0166. The lowest BCUT2D eigenvalue weighted by Crippen LogP contribution is -2.27. The number of carbonyl (C=O) groups is 5. The van der Waals surface area contributed by atoms with Gasteiger partial charge in [-0.15, -0.1) is 0 Å². The number of aliphatic carboxylic acids is 5. The third-order valence-corrected chi connectivity index (χ3v) is 19.9. The number of hydrogen-bond acceptors (Lipinski definition) is 21. The summed E-state index contributed by atoms with van der Waals surface area (Å²) in [6.45, 7) is 12.5. The van der Waals surface area contributed by atoms with Gasteiger partial charge in [-0.3, -0.25) is 24.0 Å². The second-order valence-corrected chi connectivity index (χ2v) is 33.0. The number of rotatable bonds is 66. The molecule has 26 nitrogen and oxygen atoms in total. The lowest BCUT2D eigenvalue weighted by atomic mass is 9.81. The summed E-state index contributed by atoms with van der Waals surface area (Å²) in [5, 5.41) is 190. The van der Waals surface area contributed by atoms with Crippen LogP contribution in [0.1, 0.15) is 233 Å². The zero-order valence-corrected chi connectivity index (χ0v) is 80.1. The standard InChI is InChI=1S/C23H29ClO6.C22H36O5.C21H26O5.C21H34O5.C20H31FO5/c24-18-9-7-11-20(17-18)30-16-15-19(25)10-5-3-1-2-4-6-12-21(26)22(27)13-8-14-23(28)29;1-4-5-17-22(2,3)20(25)15-11-9-7-6-8-10-13-18(23)19(24)14-12-16-21(26)27;22-18(17-11-6-5-7-12-17)13-8-3-1-2-4-9-14-19(23)20(24)15-10-16-21(25)26;1-3-4-10-16-21(2,26)17-11-8-6-5-7-9-13-18(22)19(23)14-12-15-20(24)25;1-2-3-11-16(21)17(22)12-8-6-4-5-7-9-13-18(23)19(24)14-10-15-20(25)26/h1-7,9-12,17,19,21-22,25-27H,8,13-16H2,(H,28,29);6-11,13,15,18-20,23-25H,4-5,12,14,16-17H2,1-3H3,(H,26,27);1-9,11-14,18-20,22-24H,10,15-16H2,(H,25,26);5-9,11,13,17-19,22-23,26H,3-4,10,12,14-16H2,1-2H3,(H,24,25);4-7,16-19,22-24H,2-3,9-11,13-15H2,1H3,(H,25,26)/b3-1-,4-2+,10-5+,12-6+;8-6+,9-7-,13-10+,15-11+;3-1-,4-2+,13-8+,14-9+;7-5+,8-6-,13-9+,17-11+;6-4-,7-5+/t19-,21+,22-;18-,19+,20+;18-,19+,20-;18-,19+,21+;16-,17-,18+,19-/m01010/s1. The first kappa shape index (κ1) is 129. The van der Waals surface area contributed by atoms with Crippen LogP contribution < -0.4 is 4.74 Å². The molecular weight excluding hydrogens is 1760 g/mol. The van der Waals surface area contributed by atoms with E-state index in [4.69, 9.17) is 41.9 Å². The number of carboxylic acid groups (broad SMARTS) is 5. The number of aliphatic hydroxyl groups is 15. The van der Waals surface area contributed by atoms with Crippen LogP contribution in [-0.4, -0.2) is 230 Å². The van der Waals surface area contributed by atoms with Gasteiger partial charge >= 0.3 is 29.8 Å². The topological polar surface area (TPSA) is 499 Å². The summed E-state index contributed by atoms with van der Waals surface area (Å²) in [7, 11) is 0. The van der Waals surface area contributed by atoms with Gasteiger partial charge < -0.3 is 107 Å². The number of ether oxygens (including phenoxy) is 1. The van der Waals surface area contributed by atoms with E-state index in [9.17, 15) is 105 Å². The average molecular weight is 1910 g/mol. The van der Waals surface area contributed by atoms with Gasteiger partial charge in [-0.2, -0.15) is 0 Å². The van der Waals surface area contributed by atoms with Crippen molar-refractivity contribution in [3.8, 4) is 17.6 Å². The molecule has 754 valence electrons. The first-order valence-electron chi connectivity index (χ1n) is 46.2. The fraction of sp³-hybridized carbons (Fsp3) is 0.486. The van der Waals surface area contributed by atoms with Crippen LogP contribution in [0.3, 0.4) is 0 Å². The minimum atomic E-state index is -1.32. The van der Waals surface area contributed by atoms with Gasteiger partial charge in [0.2, 0.25) is 0 Å². The van der Waals surface area contributed by atoms with Crippen molar-refractivity contribution in [1.29, 1.82) is 0 Å². The van der Waals surface area contributed by atoms with Gasteiger partial charge in [0.15, 0.2) is 0 Å². The first-order chi connectivity index (χ1) is 64.2. The summed E-state index contributed by atoms with van der Waals surface area (Å²) in [6, 6.07) is 16.4. The average Bonchev–Trinajstić information content (AvgIpc) is 0.888. The van der Waals surface area contributed by atoms with E-state index in [1.54, 1.807) is 195 Å². The normalized spacial score (nSPS) is 16.3.